The summed E-state index contributed by atoms with van der Waals surface area (Å²) in [5.41, 5.74) is 1.12. The SMILES string of the molecule is CN(CC(=O)NCC1CCCO1)C(CCO)c1ccccc1. The number of amides is 1. The third kappa shape index (κ3) is 5.09. The first kappa shape index (κ1) is 16.9. The third-order valence-electron chi connectivity index (χ3n) is 4.06. The Morgan fingerprint density at radius 3 is 2.86 bits per heavy atom. The van der Waals surface area contributed by atoms with Crippen LogP contribution in [-0.2, 0) is 9.53 Å². The van der Waals surface area contributed by atoms with E-state index < -0.39 is 0 Å². The van der Waals surface area contributed by atoms with Gasteiger partial charge < -0.3 is 15.2 Å². The van der Waals surface area contributed by atoms with Crippen LogP contribution in [0.5, 0.6) is 0 Å². The Kier molecular flexibility index (Phi) is 6.83. The number of hydrogen-bond acceptors (Lipinski definition) is 4. The molecule has 0 bridgehead atoms. The van der Waals surface area contributed by atoms with Gasteiger partial charge in [0, 0.05) is 25.8 Å². The third-order valence-corrected chi connectivity index (χ3v) is 4.06. The van der Waals surface area contributed by atoms with E-state index in [2.05, 4.69) is 5.32 Å². The molecule has 1 saturated heterocycles. The van der Waals surface area contributed by atoms with Gasteiger partial charge in [-0.1, -0.05) is 30.3 Å². The zero-order valence-electron chi connectivity index (χ0n) is 13.2. The Hall–Kier alpha value is -1.43. The number of carbonyl (C=O) groups is 1. The van der Waals surface area contributed by atoms with Gasteiger partial charge in [0.1, 0.15) is 0 Å². The molecule has 0 radical (unpaired) electrons. The summed E-state index contributed by atoms with van der Waals surface area (Å²) in [5.74, 6) is -0.00290. The summed E-state index contributed by atoms with van der Waals surface area (Å²) in [7, 11) is 1.92. The highest BCUT2D eigenvalue weighted by molar-refractivity contribution is 5.78. The molecule has 0 aliphatic carbocycles. The standard InChI is InChI=1S/C17H26N2O3/c1-19(13-17(21)18-12-15-8-5-11-22-15)16(9-10-20)14-6-3-2-4-7-14/h2-4,6-7,15-16,20H,5,8-13H2,1H3,(H,18,21). The van der Waals surface area contributed by atoms with Crippen LogP contribution in [0.1, 0.15) is 30.9 Å². The van der Waals surface area contributed by atoms with Crippen molar-refractivity contribution in [1.82, 2.24) is 10.2 Å². The van der Waals surface area contributed by atoms with Crippen LogP contribution in [0, 0.1) is 0 Å². The molecule has 5 heteroatoms. The molecule has 0 saturated carbocycles. The molecule has 1 aliphatic heterocycles. The van der Waals surface area contributed by atoms with Gasteiger partial charge in [-0.3, -0.25) is 9.69 Å². The van der Waals surface area contributed by atoms with E-state index in [1.807, 2.05) is 42.3 Å². The molecule has 2 unspecified atom stereocenters. The van der Waals surface area contributed by atoms with Gasteiger partial charge in [0.15, 0.2) is 0 Å². The van der Waals surface area contributed by atoms with E-state index in [0.717, 1.165) is 25.0 Å². The second kappa shape index (κ2) is 8.88. The van der Waals surface area contributed by atoms with Gasteiger partial charge in [0.2, 0.25) is 5.91 Å². The van der Waals surface area contributed by atoms with Crippen molar-refractivity contribution in [3.8, 4) is 0 Å². The molecule has 5 nitrogen and oxygen atoms in total. The lowest BCUT2D eigenvalue weighted by Crippen LogP contribution is -2.40. The molecule has 22 heavy (non-hydrogen) atoms. The molecule has 1 amide bonds. The molecule has 0 aromatic heterocycles. The highest BCUT2D eigenvalue weighted by atomic mass is 16.5. The molecule has 2 N–H and O–H groups in total. The number of rotatable bonds is 8. The monoisotopic (exact) mass is 306 g/mol. The van der Waals surface area contributed by atoms with E-state index in [1.165, 1.54) is 0 Å². The number of aliphatic hydroxyl groups is 1. The molecule has 1 fully saturated rings. The molecule has 1 heterocycles. The van der Waals surface area contributed by atoms with Crippen LogP contribution in [0.2, 0.25) is 0 Å². The van der Waals surface area contributed by atoms with Gasteiger partial charge in [0.05, 0.1) is 12.6 Å². The van der Waals surface area contributed by atoms with Crippen molar-refractivity contribution in [2.75, 3.05) is 33.4 Å². The van der Waals surface area contributed by atoms with E-state index in [1.54, 1.807) is 0 Å². The van der Waals surface area contributed by atoms with Gasteiger partial charge in [0.25, 0.3) is 0 Å². The summed E-state index contributed by atoms with van der Waals surface area (Å²) in [6, 6.07) is 10.0. The zero-order chi connectivity index (χ0) is 15.8. The molecule has 122 valence electrons. The minimum absolute atomic E-state index is 0.00290. The predicted octanol–water partition coefficient (Wildman–Crippen LogP) is 1.34. The molecule has 0 spiro atoms. The van der Waals surface area contributed by atoms with Crippen molar-refractivity contribution in [3.63, 3.8) is 0 Å². The van der Waals surface area contributed by atoms with Crippen molar-refractivity contribution < 1.29 is 14.6 Å². The fraction of sp³-hybridized carbons (Fsp3) is 0.588. The molecular weight excluding hydrogens is 280 g/mol. The lowest BCUT2D eigenvalue weighted by molar-refractivity contribution is -0.123. The van der Waals surface area contributed by atoms with E-state index in [0.29, 0.717) is 19.5 Å². The van der Waals surface area contributed by atoms with Crippen LogP contribution in [0.4, 0.5) is 0 Å². The Balaban J connectivity index is 1.84. The van der Waals surface area contributed by atoms with Crippen molar-refractivity contribution in [1.29, 1.82) is 0 Å². The van der Waals surface area contributed by atoms with Crippen LogP contribution in [0.15, 0.2) is 30.3 Å². The Labute approximate surface area is 132 Å². The largest absolute Gasteiger partial charge is 0.396 e. The molecule has 1 aliphatic rings. The Morgan fingerprint density at radius 1 is 1.45 bits per heavy atom. The van der Waals surface area contributed by atoms with E-state index in [4.69, 9.17) is 4.74 Å². The number of nitrogens with one attached hydrogen (secondary N) is 1. The Bertz CT molecular complexity index is 446. The van der Waals surface area contributed by atoms with Crippen molar-refractivity contribution in [2.24, 2.45) is 0 Å². The molecular formula is C17H26N2O3. The minimum Gasteiger partial charge on any atom is -0.396 e. The maximum atomic E-state index is 12.1. The van der Waals surface area contributed by atoms with Crippen LogP contribution < -0.4 is 5.32 Å². The first-order valence-corrected chi connectivity index (χ1v) is 7.95. The summed E-state index contributed by atoms with van der Waals surface area (Å²) in [6.45, 7) is 1.80. The van der Waals surface area contributed by atoms with Crippen molar-refractivity contribution >= 4 is 5.91 Å². The number of benzene rings is 1. The van der Waals surface area contributed by atoms with Gasteiger partial charge >= 0.3 is 0 Å². The van der Waals surface area contributed by atoms with Crippen molar-refractivity contribution in [3.05, 3.63) is 35.9 Å². The number of likely N-dealkylation sites (N-methyl/N-ethyl adjacent to an activating group) is 1. The average Bonchev–Trinajstić information content (AvgIpc) is 3.05. The average molecular weight is 306 g/mol. The van der Waals surface area contributed by atoms with Crippen LogP contribution >= 0.6 is 0 Å². The maximum Gasteiger partial charge on any atom is 0.234 e. The number of aliphatic hydroxyl groups excluding tert-OH is 1. The second-order valence-electron chi connectivity index (χ2n) is 5.79. The first-order chi connectivity index (χ1) is 10.7. The summed E-state index contributed by atoms with van der Waals surface area (Å²) in [5, 5.41) is 12.2. The van der Waals surface area contributed by atoms with Gasteiger partial charge in [-0.15, -0.1) is 0 Å². The lowest BCUT2D eigenvalue weighted by atomic mass is 10.0. The van der Waals surface area contributed by atoms with Crippen molar-refractivity contribution in [2.45, 2.75) is 31.4 Å². The van der Waals surface area contributed by atoms with E-state index in [9.17, 15) is 9.90 Å². The summed E-state index contributed by atoms with van der Waals surface area (Å²) in [4.78, 5) is 14.1. The van der Waals surface area contributed by atoms with E-state index in [-0.39, 0.29) is 24.7 Å². The highest BCUT2D eigenvalue weighted by Crippen LogP contribution is 2.22. The first-order valence-electron chi connectivity index (χ1n) is 7.95. The quantitative estimate of drug-likeness (QED) is 0.761. The van der Waals surface area contributed by atoms with E-state index >= 15 is 0 Å². The lowest BCUT2D eigenvalue weighted by Gasteiger charge is -2.27. The summed E-state index contributed by atoms with van der Waals surface area (Å²) in [6.07, 6.45) is 2.87. The fourth-order valence-electron chi connectivity index (χ4n) is 2.86. The predicted molar refractivity (Wildman–Crippen MR) is 85.5 cm³/mol. The van der Waals surface area contributed by atoms with Gasteiger partial charge in [-0.25, -0.2) is 0 Å². The number of carbonyl (C=O) groups excluding carboxylic acids is 1. The maximum absolute atomic E-state index is 12.1. The minimum atomic E-state index is -0.00290. The molecule has 1 aromatic rings. The van der Waals surface area contributed by atoms with Crippen LogP contribution in [0.25, 0.3) is 0 Å². The summed E-state index contributed by atoms with van der Waals surface area (Å²) < 4.78 is 5.50. The van der Waals surface area contributed by atoms with Crippen LogP contribution in [-0.4, -0.2) is 55.4 Å². The van der Waals surface area contributed by atoms with Crippen LogP contribution in [0.3, 0.4) is 0 Å². The van der Waals surface area contributed by atoms with Gasteiger partial charge in [-0.05, 0) is 31.9 Å². The van der Waals surface area contributed by atoms with Gasteiger partial charge in [-0.2, -0.15) is 0 Å². The second-order valence-corrected chi connectivity index (χ2v) is 5.79. The zero-order valence-corrected chi connectivity index (χ0v) is 13.2. The smallest absolute Gasteiger partial charge is 0.234 e. The summed E-state index contributed by atoms with van der Waals surface area (Å²) >= 11 is 0. The molecule has 2 rings (SSSR count). The molecule has 1 aromatic carbocycles. The number of ether oxygens (including phenoxy) is 1. The highest BCUT2D eigenvalue weighted by Gasteiger charge is 2.20. The molecule has 2 atom stereocenters. The fourth-order valence-corrected chi connectivity index (χ4v) is 2.86. The topological polar surface area (TPSA) is 61.8 Å². The normalized spacial score (nSPS) is 19.3. The Morgan fingerprint density at radius 2 is 2.23 bits per heavy atom. The number of hydrogen-bond donors (Lipinski definition) is 2. The number of nitrogens with zero attached hydrogens (tertiary/aromatic N) is 1.